The van der Waals surface area contributed by atoms with Crippen LogP contribution in [0.15, 0.2) is 24.3 Å². The number of hydrogen-bond donors (Lipinski definition) is 0. The van der Waals surface area contributed by atoms with Crippen LogP contribution in [0, 0.1) is 0 Å². The number of hydrogen-bond acceptors (Lipinski definition) is 3. The molecule has 0 aliphatic heterocycles. The Hall–Kier alpha value is -1.16. The minimum Gasteiger partial charge on any atom is -0.297 e. The second-order valence-corrected chi connectivity index (χ2v) is 8.36. The van der Waals surface area contributed by atoms with Gasteiger partial charge in [-0.25, -0.2) is 8.42 Å². The molecule has 1 aromatic rings. The van der Waals surface area contributed by atoms with Gasteiger partial charge in [0.15, 0.2) is 15.6 Å². The van der Waals surface area contributed by atoms with Gasteiger partial charge in [0, 0.05) is 12.2 Å². The molecule has 1 unspecified atom stereocenters. The number of sulfone groups is 1. The summed E-state index contributed by atoms with van der Waals surface area (Å²) in [5.74, 6) is -0.461. The van der Waals surface area contributed by atoms with E-state index in [1.807, 2.05) is 24.3 Å². The SMILES string of the molecule is CC(C)(C(=O)C1CCCc2ccccc21)S(C)(=O)=O. The fourth-order valence-electron chi connectivity index (χ4n) is 2.63. The van der Waals surface area contributed by atoms with Crippen molar-refractivity contribution in [3.63, 3.8) is 0 Å². The van der Waals surface area contributed by atoms with E-state index in [0.29, 0.717) is 0 Å². The highest BCUT2D eigenvalue weighted by Crippen LogP contribution is 2.36. The molecule has 0 heterocycles. The molecule has 1 aliphatic rings. The monoisotopic (exact) mass is 280 g/mol. The zero-order valence-electron chi connectivity index (χ0n) is 11.6. The maximum absolute atomic E-state index is 12.7. The lowest BCUT2D eigenvalue weighted by molar-refractivity contribution is -0.122. The molecule has 0 N–H and O–H groups in total. The van der Waals surface area contributed by atoms with Crippen molar-refractivity contribution in [1.29, 1.82) is 0 Å². The van der Waals surface area contributed by atoms with Crippen LogP contribution in [0.4, 0.5) is 0 Å². The van der Waals surface area contributed by atoms with E-state index in [1.165, 1.54) is 19.4 Å². The van der Waals surface area contributed by atoms with Crippen LogP contribution in [0.2, 0.25) is 0 Å². The smallest absolute Gasteiger partial charge is 0.160 e. The molecule has 19 heavy (non-hydrogen) atoms. The first-order chi connectivity index (χ1) is 8.75. The third-order valence-corrected chi connectivity index (χ3v) is 6.26. The Morgan fingerprint density at radius 1 is 1.26 bits per heavy atom. The van der Waals surface area contributed by atoms with Gasteiger partial charge >= 0.3 is 0 Å². The van der Waals surface area contributed by atoms with Crippen LogP contribution in [0.1, 0.15) is 43.7 Å². The average molecular weight is 280 g/mol. The third-order valence-electron chi connectivity index (χ3n) is 4.21. The Balaban J connectivity index is 2.42. The minimum atomic E-state index is -3.40. The molecule has 1 aliphatic carbocycles. The fourth-order valence-corrected chi connectivity index (χ4v) is 3.14. The Morgan fingerprint density at radius 3 is 2.53 bits per heavy atom. The second kappa shape index (κ2) is 4.75. The van der Waals surface area contributed by atoms with Gasteiger partial charge in [-0.1, -0.05) is 24.3 Å². The summed E-state index contributed by atoms with van der Waals surface area (Å²) in [5, 5.41) is 0. The molecular weight excluding hydrogens is 260 g/mol. The van der Waals surface area contributed by atoms with Gasteiger partial charge in [0.1, 0.15) is 4.75 Å². The molecule has 0 fully saturated rings. The van der Waals surface area contributed by atoms with E-state index in [1.54, 1.807) is 0 Å². The van der Waals surface area contributed by atoms with E-state index >= 15 is 0 Å². The molecule has 0 radical (unpaired) electrons. The maximum Gasteiger partial charge on any atom is 0.160 e. The number of carbonyl (C=O) groups excluding carboxylic acids is 1. The van der Waals surface area contributed by atoms with Crippen molar-refractivity contribution in [2.75, 3.05) is 6.26 Å². The normalized spacial score (nSPS) is 19.8. The molecule has 0 saturated carbocycles. The topological polar surface area (TPSA) is 51.2 Å². The standard InChI is InChI=1S/C15H20O3S/c1-15(2,19(3,17)18)14(16)13-10-6-8-11-7-4-5-9-12(11)13/h4-5,7,9,13H,6,8,10H2,1-3H3. The van der Waals surface area contributed by atoms with Crippen molar-refractivity contribution in [3.8, 4) is 0 Å². The van der Waals surface area contributed by atoms with Crippen LogP contribution >= 0.6 is 0 Å². The summed E-state index contributed by atoms with van der Waals surface area (Å²) >= 11 is 0. The number of benzene rings is 1. The first-order valence-corrected chi connectivity index (χ1v) is 8.46. The van der Waals surface area contributed by atoms with Gasteiger partial charge in [0.25, 0.3) is 0 Å². The number of Topliss-reactive ketones (excluding diaryl/α,β-unsaturated/α-hetero) is 1. The van der Waals surface area contributed by atoms with Crippen molar-refractivity contribution < 1.29 is 13.2 Å². The molecule has 2 rings (SSSR count). The van der Waals surface area contributed by atoms with Gasteiger partial charge in [-0.05, 0) is 44.2 Å². The molecule has 0 aromatic heterocycles. The van der Waals surface area contributed by atoms with Crippen LogP contribution in [0.25, 0.3) is 0 Å². The zero-order chi connectivity index (χ0) is 14.3. The zero-order valence-corrected chi connectivity index (χ0v) is 12.5. The fraction of sp³-hybridized carbons (Fsp3) is 0.533. The molecule has 1 atom stereocenters. The van der Waals surface area contributed by atoms with E-state index in [9.17, 15) is 13.2 Å². The van der Waals surface area contributed by atoms with Crippen LogP contribution < -0.4 is 0 Å². The molecule has 1 aromatic carbocycles. The summed E-state index contributed by atoms with van der Waals surface area (Å²) in [6.45, 7) is 3.03. The Labute approximate surface area is 114 Å². The highest BCUT2D eigenvalue weighted by molar-refractivity contribution is 7.92. The summed E-state index contributed by atoms with van der Waals surface area (Å²) in [7, 11) is -3.40. The summed E-state index contributed by atoms with van der Waals surface area (Å²) in [5.41, 5.74) is 2.19. The molecule has 0 spiro atoms. The van der Waals surface area contributed by atoms with Crippen molar-refractivity contribution in [1.82, 2.24) is 0 Å². The van der Waals surface area contributed by atoms with Crippen LogP contribution in [-0.2, 0) is 21.1 Å². The Morgan fingerprint density at radius 2 is 1.89 bits per heavy atom. The molecule has 0 amide bonds. The second-order valence-electron chi connectivity index (χ2n) is 5.79. The van der Waals surface area contributed by atoms with Gasteiger partial charge in [-0.15, -0.1) is 0 Å². The van der Waals surface area contributed by atoms with Gasteiger partial charge in [0.05, 0.1) is 0 Å². The van der Waals surface area contributed by atoms with E-state index in [0.717, 1.165) is 31.1 Å². The Bertz CT molecular complexity index is 600. The number of aryl methyl sites for hydroxylation is 1. The minimum absolute atomic E-state index is 0.179. The van der Waals surface area contributed by atoms with Crippen LogP contribution in [0.5, 0.6) is 0 Å². The van der Waals surface area contributed by atoms with Crippen molar-refractivity contribution >= 4 is 15.6 Å². The molecule has 104 valence electrons. The largest absolute Gasteiger partial charge is 0.297 e. The van der Waals surface area contributed by atoms with E-state index in [4.69, 9.17) is 0 Å². The lowest BCUT2D eigenvalue weighted by Crippen LogP contribution is -2.43. The maximum atomic E-state index is 12.7. The van der Waals surface area contributed by atoms with E-state index in [-0.39, 0.29) is 11.7 Å². The van der Waals surface area contributed by atoms with Gasteiger partial charge in [-0.2, -0.15) is 0 Å². The summed E-state index contributed by atoms with van der Waals surface area (Å²) in [6, 6.07) is 7.86. The third kappa shape index (κ3) is 2.46. The number of ketones is 1. The highest BCUT2D eigenvalue weighted by Gasteiger charge is 2.43. The molecule has 0 bridgehead atoms. The molecular formula is C15H20O3S. The Kier molecular flexibility index (Phi) is 3.56. The predicted octanol–water partition coefficient (Wildman–Crippen LogP) is 2.50. The van der Waals surface area contributed by atoms with Gasteiger partial charge < -0.3 is 0 Å². The molecule has 3 nitrogen and oxygen atoms in total. The molecule has 0 saturated heterocycles. The van der Waals surface area contributed by atoms with Crippen molar-refractivity contribution in [2.24, 2.45) is 0 Å². The lowest BCUT2D eigenvalue weighted by atomic mass is 9.78. The number of rotatable bonds is 3. The van der Waals surface area contributed by atoms with Crippen LogP contribution in [-0.4, -0.2) is 25.2 Å². The predicted molar refractivity (Wildman–Crippen MR) is 76.1 cm³/mol. The molecule has 4 heteroatoms. The summed E-state index contributed by atoms with van der Waals surface area (Å²) < 4.78 is 22.3. The van der Waals surface area contributed by atoms with Crippen molar-refractivity contribution in [3.05, 3.63) is 35.4 Å². The first-order valence-electron chi connectivity index (χ1n) is 6.57. The average Bonchev–Trinajstić information content (AvgIpc) is 2.36. The lowest BCUT2D eigenvalue weighted by Gasteiger charge is -2.30. The van der Waals surface area contributed by atoms with E-state index < -0.39 is 14.6 Å². The number of carbonyl (C=O) groups is 1. The number of fused-ring (bicyclic) bond motifs is 1. The van der Waals surface area contributed by atoms with Crippen LogP contribution in [0.3, 0.4) is 0 Å². The quantitative estimate of drug-likeness (QED) is 0.854. The van der Waals surface area contributed by atoms with Crippen molar-refractivity contribution in [2.45, 2.75) is 43.8 Å². The van der Waals surface area contributed by atoms with Gasteiger partial charge in [-0.3, -0.25) is 4.79 Å². The van der Waals surface area contributed by atoms with E-state index in [2.05, 4.69) is 0 Å². The van der Waals surface area contributed by atoms with Gasteiger partial charge in [0.2, 0.25) is 0 Å². The first kappa shape index (κ1) is 14.3. The summed E-state index contributed by atoms with van der Waals surface area (Å²) in [4.78, 5) is 12.7. The summed E-state index contributed by atoms with van der Waals surface area (Å²) in [6.07, 6.45) is 3.79. The highest BCUT2D eigenvalue weighted by atomic mass is 32.2.